The zero-order valence-corrected chi connectivity index (χ0v) is 13.7. The predicted molar refractivity (Wildman–Crippen MR) is 84.8 cm³/mol. The van der Waals surface area contributed by atoms with Gasteiger partial charge >= 0.3 is 0 Å². The molecule has 1 aliphatic heterocycles. The Kier molecular flexibility index (Phi) is 5.75. The van der Waals surface area contributed by atoms with E-state index in [9.17, 15) is 8.42 Å². The van der Waals surface area contributed by atoms with Gasteiger partial charge in [-0.2, -0.15) is 0 Å². The molecule has 0 aliphatic carbocycles. The Bertz CT molecular complexity index is 566. The normalized spacial score (nSPS) is 16.5. The molecule has 1 aliphatic rings. The second-order valence-electron chi connectivity index (χ2n) is 5.52. The molecule has 0 radical (unpaired) electrons. The molecule has 6 heteroatoms. The van der Waals surface area contributed by atoms with Crippen LogP contribution in [0.3, 0.4) is 0 Å². The summed E-state index contributed by atoms with van der Waals surface area (Å²) in [7, 11) is -1.57. The zero-order chi connectivity index (χ0) is 15.3. The van der Waals surface area contributed by atoms with Crippen LogP contribution < -0.4 is 10.0 Å². The van der Waals surface area contributed by atoms with E-state index in [0.29, 0.717) is 18.0 Å². The highest BCUT2D eigenvalue weighted by molar-refractivity contribution is 7.89. The molecule has 0 bridgehead atoms. The Balaban J connectivity index is 2.02. The van der Waals surface area contributed by atoms with Crippen LogP contribution >= 0.6 is 0 Å². The van der Waals surface area contributed by atoms with Gasteiger partial charge in [-0.1, -0.05) is 12.1 Å². The molecule has 2 rings (SSSR count). The van der Waals surface area contributed by atoms with Crippen molar-refractivity contribution in [1.82, 2.24) is 14.9 Å². The average molecular weight is 311 g/mol. The molecule has 1 aromatic rings. The first-order valence-electron chi connectivity index (χ1n) is 7.49. The van der Waals surface area contributed by atoms with Crippen LogP contribution in [0.2, 0.25) is 0 Å². The molecule has 1 aromatic carbocycles. The van der Waals surface area contributed by atoms with Crippen molar-refractivity contribution in [2.45, 2.75) is 31.2 Å². The Labute approximate surface area is 127 Å². The summed E-state index contributed by atoms with van der Waals surface area (Å²) >= 11 is 0. The van der Waals surface area contributed by atoms with Gasteiger partial charge in [-0.05, 0) is 57.1 Å². The van der Waals surface area contributed by atoms with Gasteiger partial charge < -0.3 is 10.2 Å². The third-order valence-corrected chi connectivity index (χ3v) is 5.58. The minimum atomic E-state index is -3.43. The molecule has 5 nitrogen and oxygen atoms in total. The van der Waals surface area contributed by atoms with E-state index in [4.69, 9.17) is 0 Å². The number of likely N-dealkylation sites (tertiary alicyclic amines) is 1. The molecule has 1 heterocycles. The van der Waals surface area contributed by atoms with Crippen LogP contribution in [-0.2, 0) is 16.6 Å². The Morgan fingerprint density at radius 2 is 1.95 bits per heavy atom. The van der Waals surface area contributed by atoms with Gasteiger partial charge in [-0.25, -0.2) is 13.1 Å². The maximum absolute atomic E-state index is 12.4. The highest BCUT2D eigenvalue weighted by Crippen LogP contribution is 2.18. The van der Waals surface area contributed by atoms with Crippen molar-refractivity contribution in [3.05, 3.63) is 29.3 Å². The van der Waals surface area contributed by atoms with Crippen LogP contribution in [0.4, 0.5) is 0 Å². The molecule has 0 saturated carbocycles. The molecule has 0 unspecified atom stereocenters. The lowest BCUT2D eigenvalue weighted by Gasteiger charge is -2.16. The van der Waals surface area contributed by atoms with Crippen LogP contribution in [0, 0.1) is 6.92 Å². The van der Waals surface area contributed by atoms with Gasteiger partial charge in [0.25, 0.3) is 0 Å². The number of hydrogen-bond donors (Lipinski definition) is 2. The van der Waals surface area contributed by atoms with Gasteiger partial charge in [-0.15, -0.1) is 0 Å². The van der Waals surface area contributed by atoms with Gasteiger partial charge in [-0.3, -0.25) is 0 Å². The molecule has 0 aromatic heterocycles. The van der Waals surface area contributed by atoms with Crippen LogP contribution in [0.1, 0.15) is 24.0 Å². The van der Waals surface area contributed by atoms with Crippen molar-refractivity contribution < 1.29 is 8.42 Å². The van der Waals surface area contributed by atoms with E-state index < -0.39 is 10.0 Å². The summed E-state index contributed by atoms with van der Waals surface area (Å²) < 4.78 is 27.6. The van der Waals surface area contributed by atoms with Gasteiger partial charge in [0.05, 0.1) is 4.90 Å². The number of nitrogens with zero attached hydrogens (tertiary/aromatic N) is 1. The minimum Gasteiger partial charge on any atom is -0.316 e. The quantitative estimate of drug-likeness (QED) is 0.791. The number of rotatable bonds is 7. The average Bonchev–Trinajstić information content (AvgIpc) is 2.94. The van der Waals surface area contributed by atoms with Crippen LogP contribution in [0.25, 0.3) is 0 Å². The fourth-order valence-electron chi connectivity index (χ4n) is 2.76. The molecule has 1 saturated heterocycles. The summed E-state index contributed by atoms with van der Waals surface area (Å²) in [5.41, 5.74) is 1.83. The summed E-state index contributed by atoms with van der Waals surface area (Å²) in [6.07, 6.45) is 2.44. The van der Waals surface area contributed by atoms with Crippen LogP contribution in [-0.4, -0.2) is 46.5 Å². The number of hydrogen-bond acceptors (Lipinski definition) is 4. The maximum atomic E-state index is 12.4. The van der Waals surface area contributed by atoms with Gasteiger partial charge in [0, 0.05) is 19.6 Å². The number of nitrogens with one attached hydrogen (secondary N) is 2. The highest BCUT2D eigenvalue weighted by atomic mass is 32.2. The fourth-order valence-corrected chi connectivity index (χ4v) is 4.06. The Morgan fingerprint density at radius 3 is 2.62 bits per heavy atom. The number of sulfonamides is 1. The second-order valence-corrected chi connectivity index (χ2v) is 7.25. The van der Waals surface area contributed by atoms with E-state index in [2.05, 4.69) is 14.9 Å². The summed E-state index contributed by atoms with van der Waals surface area (Å²) in [6, 6.07) is 5.43. The van der Waals surface area contributed by atoms with E-state index in [-0.39, 0.29) is 0 Å². The first kappa shape index (κ1) is 16.4. The first-order chi connectivity index (χ1) is 10.0. The fraction of sp³-hybridized carbons (Fsp3) is 0.600. The van der Waals surface area contributed by atoms with Gasteiger partial charge in [0.15, 0.2) is 0 Å². The maximum Gasteiger partial charge on any atom is 0.240 e. The van der Waals surface area contributed by atoms with E-state index in [0.717, 1.165) is 30.8 Å². The summed E-state index contributed by atoms with van der Waals surface area (Å²) in [6.45, 7) is 5.95. The molecule has 21 heavy (non-hydrogen) atoms. The molecule has 118 valence electrons. The molecular weight excluding hydrogens is 286 g/mol. The predicted octanol–water partition coefficient (Wildman–Crippen LogP) is 1.09. The van der Waals surface area contributed by atoms with Crippen molar-refractivity contribution in [3.63, 3.8) is 0 Å². The topological polar surface area (TPSA) is 61.4 Å². The second kappa shape index (κ2) is 7.35. The Hall–Kier alpha value is -0.950. The van der Waals surface area contributed by atoms with E-state index in [1.54, 1.807) is 12.1 Å². The molecule has 2 N–H and O–H groups in total. The van der Waals surface area contributed by atoms with Crippen LogP contribution in [0.5, 0.6) is 0 Å². The third-order valence-electron chi connectivity index (χ3n) is 3.97. The van der Waals surface area contributed by atoms with Crippen molar-refractivity contribution in [2.24, 2.45) is 0 Å². The van der Waals surface area contributed by atoms with Crippen LogP contribution in [0.15, 0.2) is 23.1 Å². The zero-order valence-electron chi connectivity index (χ0n) is 12.9. The molecule has 0 amide bonds. The number of benzene rings is 1. The van der Waals surface area contributed by atoms with Crippen molar-refractivity contribution in [3.8, 4) is 0 Å². The third kappa shape index (κ3) is 4.26. The molecule has 0 spiro atoms. The smallest absolute Gasteiger partial charge is 0.240 e. The lowest BCUT2D eigenvalue weighted by molar-refractivity contribution is 0.344. The Morgan fingerprint density at radius 1 is 1.24 bits per heavy atom. The van der Waals surface area contributed by atoms with E-state index in [1.807, 2.05) is 20.0 Å². The minimum absolute atomic E-state index is 0.386. The lowest BCUT2D eigenvalue weighted by atomic mass is 10.1. The standard InChI is InChI=1S/C15H25N3O2S/c1-13-14(12-16-2)6-5-7-15(13)21(19,20)17-8-11-18-9-3-4-10-18/h5-7,16-17H,3-4,8-12H2,1-2H3. The lowest BCUT2D eigenvalue weighted by Crippen LogP contribution is -2.33. The van der Waals surface area contributed by atoms with E-state index in [1.165, 1.54) is 12.8 Å². The summed E-state index contributed by atoms with van der Waals surface area (Å²) in [5, 5.41) is 3.06. The first-order valence-corrected chi connectivity index (χ1v) is 8.98. The van der Waals surface area contributed by atoms with Crippen molar-refractivity contribution in [1.29, 1.82) is 0 Å². The molecular formula is C15H25N3O2S. The summed E-state index contributed by atoms with van der Waals surface area (Å²) in [5.74, 6) is 0. The summed E-state index contributed by atoms with van der Waals surface area (Å²) in [4.78, 5) is 2.68. The van der Waals surface area contributed by atoms with Gasteiger partial charge in [0.1, 0.15) is 0 Å². The monoisotopic (exact) mass is 311 g/mol. The van der Waals surface area contributed by atoms with E-state index >= 15 is 0 Å². The molecule has 1 fully saturated rings. The van der Waals surface area contributed by atoms with Crippen molar-refractivity contribution >= 4 is 10.0 Å². The van der Waals surface area contributed by atoms with Gasteiger partial charge in [0.2, 0.25) is 10.0 Å². The largest absolute Gasteiger partial charge is 0.316 e. The van der Waals surface area contributed by atoms with Crippen molar-refractivity contribution in [2.75, 3.05) is 33.2 Å². The molecule has 0 atom stereocenters. The highest BCUT2D eigenvalue weighted by Gasteiger charge is 2.18. The SMILES string of the molecule is CNCc1cccc(S(=O)(=O)NCCN2CCCC2)c1C.